The second-order valence-electron chi connectivity index (χ2n) is 9.36. The molecule has 4 saturated carbocycles. The predicted molar refractivity (Wildman–Crippen MR) is 121 cm³/mol. The van der Waals surface area contributed by atoms with Gasteiger partial charge in [0.25, 0.3) is 6.20 Å². The van der Waals surface area contributed by atoms with E-state index in [2.05, 4.69) is 32.6 Å². The Bertz CT molecular complexity index is 808. The van der Waals surface area contributed by atoms with Gasteiger partial charge in [-0.25, -0.2) is 0 Å². The molecule has 1 saturated heterocycles. The fourth-order valence-electron chi connectivity index (χ4n) is 6.33. The lowest BCUT2D eigenvalue weighted by molar-refractivity contribution is -0.404. The van der Waals surface area contributed by atoms with Gasteiger partial charge in [-0.15, -0.1) is 0 Å². The maximum atomic E-state index is 10.5. The van der Waals surface area contributed by atoms with Gasteiger partial charge >= 0.3 is 0 Å². The zero-order chi connectivity index (χ0) is 21.4. The smallest absolute Gasteiger partial charge is 0.274 e. The molecule has 3 unspecified atom stereocenters. The van der Waals surface area contributed by atoms with Gasteiger partial charge in [0, 0.05) is 51.6 Å². The first-order valence-electron chi connectivity index (χ1n) is 11.5. The molecule has 1 aromatic heterocycles. The summed E-state index contributed by atoms with van der Waals surface area (Å²) in [7, 11) is 1.67. The van der Waals surface area contributed by atoms with Crippen LogP contribution in [0.1, 0.15) is 24.4 Å². The Morgan fingerprint density at radius 2 is 2.00 bits per heavy atom. The third-order valence-electron chi connectivity index (χ3n) is 7.66. The first-order chi connectivity index (χ1) is 15.1. The van der Waals surface area contributed by atoms with Crippen LogP contribution in [-0.4, -0.2) is 66.3 Å². The lowest BCUT2D eigenvalue weighted by atomic mass is 10.0. The molecule has 170 valence electrons. The summed E-state index contributed by atoms with van der Waals surface area (Å²) in [5.41, 5.74) is 0. The third kappa shape index (κ3) is 4.59. The van der Waals surface area contributed by atoms with Crippen LogP contribution < -0.4 is 10.6 Å². The Balaban J connectivity index is 0.990. The molecule has 1 aromatic rings. The van der Waals surface area contributed by atoms with Crippen LogP contribution in [0.4, 0.5) is 0 Å². The van der Waals surface area contributed by atoms with Crippen molar-refractivity contribution < 1.29 is 9.34 Å². The minimum atomic E-state index is -0.463. The summed E-state index contributed by atoms with van der Waals surface area (Å²) in [5.74, 6) is 8.42. The van der Waals surface area contributed by atoms with E-state index in [1.54, 1.807) is 18.8 Å². The van der Waals surface area contributed by atoms with Crippen LogP contribution >= 0.6 is 11.8 Å². The first kappa shape index (κ1) is 21.2. The highest BCUT2D eigenvalue weighted by Gasteiger charge is 2.69. The normalized spacial score (nSPS) is 32.4. The molecule has 2 heterocycles. The van der Waals surface area contributed by atoms with Crippen LogP contribution in [0, 0.1) is 33.8 Å². The van der Waals surface area contributed by atoms with Crippen molar-refractivity contribution in [3.63, 3.8) is 0 Å². The van der Waals surface area contributed by atoms with Crippen molar-refractivity contribution in [3.8, 4) is 0 Å². The Morgan fingerprint density at radius 3 is 2.65 bits per heavy atom. The van der Waals surface area contributed by atoms with E-state index in [9.17, 15) is 10.1 Å². The molecule has 9 heteroatoms. The Kier molecular flexibility index (Phi) is 6.16. The molecule has 0 radical (unpaired) electrons. The second-order valence-corrected chi connectivity index (χ2v) is 10.5. The largest absolute Gasteiger partial charge is 0.464 e. The van der Waals surface area contributed by atoms with Gasteiger partial charge in [0.05, 0.1) is 17.2 Å². The zero-order valence-electron chi connectivity index (χ0n) is 18.2. The van der Waals surface area contributed by atoms with E-state index in [1.165, 1.54) is 25.9 Å². The van der Waals surface area contributed by atoms with Crippen LogP contribution in [0.5, 0.6) is 0 Å². The molecule has 4 aliphatic carbocycles. The Labute approximate surface area is 187 Å². The standard InChI is InChI=1S/C22H33N5O3S/c1-23-20(13-27(28)29)24-4-9-31-14-17-3-2-16(30-17)12-25-5-7-26(8-6-25)22-15-10-18-19(11-15)21(18)22/h2-3,13,15,18-19,21-24H,4-12,14H2,1H3/b20-13+. The fourth-order valence-corrected chi connectivity index (χ4v) is 7.08. The molecule has 5 aliphatic rings. The summed E-state index contributed by atoms with van der Waals surface area (Å²) in [5, 5.41) is 16.3. The first-order valence-corrected chi connectivity index (χ1v) is 12.7. The van der Waals surface area contributed by atoms with Gasteiger partial charge in [0.1, 0.15) is 11.5 Å². The highest BCUT2D eigenvalue weighted by Crippen LogP contribution is 2.71. The van der Waals surface area contributed by atoms with Crippen molar-refractivity contribution in [2.75, 3.05) is 45.5 Å². The van der Waals surface area contributed by atoms with Crippen molar-refractivity contribution in [3.05, 3.63) is 45.8 Å². The van der Waals surface area contributed by atoms with E-state index in [-0.39, 0.29) is 0 Å². The molecule has 0 aromatic carbocycles. The molecule has 0 amide bonds. The Hall–Kier alpha value is -1.71. The van der Waals surface area contributed by atoms with Gasteiger partial charge < -0.3 is 15.1 Å². The zero-order valence-corrected chi connectivity index (χ0v) is 19.0. The van der Waals surface area contributed by atoms with Gasteiger partial charge in [-0.05, 0) is 48.6 Å². The van der Waals surface area contributed by atoms with Crippen LogP contribution in [0.3, 0.4) is 0 Å². The maximum Gasteiger partial charge on any atom is 0.274 e. The number of rotatable bonds is 11. The van der Waals surface area contributed by atoms with E-state index in [1.807, 2.05) is 0 Å². The molecule has 8 nitrogen and oxygen atoms in total. The second kappa shape index (κ2) is 9.03. The van der Waals surface area contributed by atoms with E-state index < -0.39 is 4.92 Å². The van der Waals surface area contributed by atoms with Gasteiger partial charge in [-0.1, -0.05) is 0 Å². The number of piperazine rings is 1. The molecule has 2 N–H and O–H groups in total. The third-order valence-corrected chi connectivity index (χ3v) is 8.64. The van der Waals surface area contributed by atoms with E-state index in [4.69, 9.17) is 4.42 Å². The monoisotopic (exact) mass is 447 g/mol. The lowest BCUT2D eigenvalue weighted by Gasteiger charge is -2.39. The van der Waals surface area contributed by atoms with Crippen molar-refractivity contribution in [1.29, 1.82) is 0 Å². The number of nitrogens with zero attached hydrogens (tertiary/aromatic N) is 3. The number of thioether (sulfide) groups is 1. The highest BCUT2D eigenvalue weighted by molar-refractivity contribution is 7.98. The van der Waals surface area contributed by atoms with E-state index >= 15 is 0 Å². The van der Waals surface area contributed by atoms with E-state index in [0.29, 0.717) is 12.4 Å². The Morgan fingerprint density at radius 1 is 1.26 bits per heavy atom. The number of furan rings is 1. The number of nitro groups is 1. The number of hydrogen-bond donors (Lipinski definition) is 2. The molecule has 3 atom stereocenters. The van der Waals surface area contributed by atoms with Gasteiger partial charge in [-0.3, -0.25) is 19.9 Å². The molecule has 31 heavy (non-hydrogen) atoms. The predicted octanol–water partition coefficient (Wildman–Crippen LogP) is 2.17. The molecule has 5 fully saturated rings. The number of hydrogen-bond acceptors (Lipinski definition) is 8. The molecule has 1 aliphatic heterocycles. The van der Waals surface area contributed by atoms with Crippen LogP contribution in [0.25, 0.3) is 0 Å². The summed E-state index contributed by atoms with van der Waals surface area (Å²) in [6.45, 7) is 6.29. The van der Waals surface area contributed by atoms with Gasteiger partial charge in [0.15, 0.2) is 5.82 Å². The van der Waals surface area contributed by atoms with E-state index in [0.717, 1.165) is 78.6 Å². The average Bonchev–Trinajstić information content (AvgIpc) is 3.28. The summed E-state index contributed by atoms with van der Waals surface area (Å²) in [4.78, 5) is 15.4. The molecular weight excluding hydrogens is 414 g/mol. The summed E-state index contributed by atoms with van der Waals surface area (Å²) in [6.07, 6.45) is 3.99. The summed E-state index contributed by atoms with van der Waals surface area (Å²) >= 11 is 1.76. The van der Waals surface area contributed by atoms with Gasteiger partial charge in [-0.2, -0.15) is 11.8 Å². The SMILES string of the molecule is CN/C(=C\[N+](=O)[O-])NCCSCc1ccc(CN2CCN(C3C4CC5C(C4)C53)CC2)o1. The minimum Gasteiger partial charge on any atom is -0.464 e. The highest BCUT2D eigenvalue weighted by atomic mass is 32.2. The average molecular weight is 448 g/mol. The van der Waals surface area contributed by atoms with Crippen molar-refractivity contribution in [1.82, 2.24) is 20.4 Å². The molecular formula is C22H33N5O3S. The minimum absolute atomic E-state index is 0.424. The number of nitrogens with one attached hydrogen (secondary N) is 2. The molecule has 0 spiro atoms. The van der Waals surface area contributed by atoms with Crippen molar-refractivity contribution in [2.24, 2.45) is 23.7 Å². The topological polar surface area (TPSA) is 86.8 Å². The van der Waals surface area contributed by atoms with Crippen molar-refractivity contribution >= 4 is 11.8 Å². The fraction of sp³-hybridized carbons (Fsp3) is 0.727. The van der Waals surface area contributed by atoms with Gasteiger partial charge in [0.2, 0.25) is 0 Å². The quantitative estimate of drug-likeness (QED) is 0.303. The van der Waals surface area contributed by atoms with Crippen LogP contribution in [-0.2, 0) is 12.3 Å². The van der Waals surface area contributed by atoms with Crippen LogP contribution in [0.2, 0.25) is 0 Å². The van der Waals surface area contributed by atoms with Crippen LogP contribution in [0.15, 0.2) is 28.6 Å². The summed E-state index contributed by atoms with van der Waals surface area (Å²) in [6, 6.07) is 5.11. The maximum absolute atomic E-state index is 10.5. The lowest BCUT2D eigenvalue weighted by Crippen LogP contribution is -2.51. The molecule has 4 bridgehead atoms. The van der Waals surface area contributed by atoms with Crippen molar-refractivity contribution in [2.45, 2.75) is 31.2 Å². The summed E-state index contributed by atoms with van der Waals surface area (Å²) < 4.78 is 6.05. The molecule has 6 rings (SSSR count).